The van der Waals surface area contributed by atoms with Crippen LogP contribution in [0.4, 0.5) is 5.00 Å². The number of carbonyl (C=O) groups is 3. The van der Waals surface area contributed by atoms with Crippen LogP contribution < -0.4 is 5.32 Å². The summed E-state index contributed by atoms with van der Waals surface area (Å²) in [6, 6.07) is 5.82. The number of methoxy groups -OCH3 is 1. The normalized spacial score (nSPS) is 17.1. The second-order valence-electron chi connectivity index (χ2n) is 8.96. The van der Waals surface area contributed by atoms with Gasteiger partial charge in [-0.05, 0) is 55.0 Å². The van der Waals surface area contributed by atoms with Crippen LogP contribution in [0.1, 0.15) is 57.8 Å². The zero-order valence-electron chi connectivity index (χ0n) is 20.0. The van der Waals surface area contributed by atoms with Crippen molar-refractivity contribution in [3.8, 4) is 0 Å². The van der Waals surface area contributed by atoms with Crippen molar-refractivity contribution < 1.29 is 27.5 Å². The zero-order chi connectivity index (χ0) is 25.3. The number of ether oxygens (including phenoxy) is 1. The van der Waals surface area contributed by atoms with Crippen molar-refractivity contribution in [3.05, 3.63) is 45.8 Å². The summed E-state index contributed by atoms with van der Waals surface area (Å²) in [4.78, 5) is 39.9. The summed E-state index contributed by atoms with van der Waals surface area (Å²) in [6.07, 6.45) is 2.15. The van der Waals surface area contributed by atoms with Crippen LogP contribution in [-0.4, -0.2) is 62.2 Å². The molecule has 35 heavy (non-hydrogen) atoms. The van der Waals surface area contributed by atoms with E-state index in [1.54, 1.807) is 4.90 Å². The molecule has 9 nitrogen and oxygen atoms in total. The smallest absolute Gasteiger partial charge is 0.341 e. The minimum Gasteiger partial charge on any atom is -0.465 e. The van der Waals surface area contributed by atoms with Crippen LogP contribution in [0.3, 0.4) is 0 Å². The number of thiophene rings is 1. The Morgan fingerprint density at radius 1 is 1.09 bits per heavy atom. The Hall–Kier alpha value is -2.76. The molecule has 1 fully saturated rings. The lowest BCUT2D eigenvalue weighted by molar-refractivity contribution is -0.129. The number of benzene rings is 1. The van der Waals surface area contributed by atoms with E-state index in [-0.39, 0.29) is 16.4 Å². The van der Waals surface area contributed by atoms with E-state index in [4.69, 9.17) is 4.74 Å². The van der Waals surface area contributed by atoms with Crippen LogP contribution >= 0.6 is 11.3 Å². The van der Waals surface area contributed by atoms with E-state index in [1.165, 1.54) is 53.9 Å². The quantitative estimate of drug-likeness (QED) is 0.608. The van der Waals surface area contributed by atoms with Gasteiger partial charge in [0.2, 0.25) is 15.9 Å². The Morgan fingerprint density at radius 3 is 2.34 bits per heavy atom. The molecule has 2 aliphatic heterocycles. The van der Waals surface area contributed by atoms with Gasteiger partial charge >= 0.3 is 5.97 Å². The fourth-order valence-electron chi connectivity index (χ4n) is 4.41. The van der Waals surface area contributed by atoms with Crippen molar-refractivity contribution in [2.24, 2.45) is 5.92 Å². The average molecular weight is 520 g/mol. The van der Waals surface area contributed by atoms with E-state index < -0.39 is 21.9 Å². The van der Waals surface area contributed by atoms with Crippen molar-refractivity contribution in [1.29, 1.82) is 0 Å². The highest BCUT2D eigenvalue weighted by Gasteiger charge is 2.31. The highest BCUT2D eigenvalue weighted by Crippen LogP contribution is 2.38. The van der Waals surface area contributed by atoms with Crippen molar-refractivity contribution in [2.45, 2.75) is 44.6 Å². The summed E-state index contributed by atoms with van der Waals surface area (Å²) in [7, 11) is -2.33. The van der Waals surface area contributed by atoms with Gasteiger partial charge in [-0.2, -0.15) is 4.31 Å². The Morgan fingerprint density at radius 2 is 1.74 bits per heavy atom. The molecule has 0 atom stereocenters. The Labute approximate surface area is 209 Å². The second-order valence-corrected chi connectivity index (χ2v) is 12.0. The van der Waals surface area contributed by atoms with Gasteiger partial charge in [0, 0.05) is 37.0 Å². The average Bonchev–Trinajstić information content (AvgIpc) is 3.20. The predicted molar refractivity (Wildman–Crippen MR) is 132 cm³/mol. The molecular weight excluding hydrogens is 490 g/mol. The van der Waals surface area contributed by atoms with Crippen LogP contribution in [0.5, 0.6) is 0 Å². The van der Waals surface area contributed by atoms with E-state index in [0.717, 1.165) is 23.3 Å². The lowest BCUT2D eigenvalue weighted by Crippen LogP contribution is -2.37. The number of sulfonamides is 1. The number of amides is 2. The molecule has 3 heterocycles. The van der Waals surface area contributed by atoms with Crippen molar-refractivity contribution in [3.63, 3.8) is 0 Å². The third-order valence-electron chi connectivity index (χ3n) is 6.62. The minimum absolute atomic E-state index is 0.0524. The van der Waals surface area contributed by atoms with E-state index in [0.29, 0.717) is 49.1 Å². The third-order valence-corrected chi connectivity index (χ3v) is 9.66. The number of hydrogen-bond acceptors (Lipinski definition) is 7. The highest BCUT2D eigenvalue weighted by atomic mass is 32.2. The van der Waals surface area contributed by atoms with Gasteiger partial charge in [-0.3, -0.25) is 9.59 Å². The summed E-state index contributed by atoms with van der Waals surface area (Å²) < 4.78 is 32.3. The molecule has 2 aliphatic rings. The molecule has 1 aromatic heterocycles. The Balaban J connectivity index is 1.54. The summed E-state index contributed by atoms with van der Waals surface area (Å²) >= 11 is 1.25. The Bertz CT molecular complexity index is 1240. The maximum atomic E-state index is 13.0. The monoisotopic (exact) mass is 519 g/mol. The number of anilines is 1. The number of nitrogens with zero attached hydrogens (tertiary/aromatic N) is 2. The van der Waals surface area contributed by atoms with Gasteiger partial charge in [-0.25, -0.2) is 13.2 Å². The van der Waals surface area contributed by atoms with Crippen LogP contribution in [0, 0.1) is 5.92 Å². The topological polar surface area (TPSA) is 113 Å². The predicted octanol–water partition coefficient (Wildman–Crippen LogP) is 3.11. The number of rotatable bonds is 5. The van der Waals surface area contributed by atoms with Crippen LogP contribution in [0.15, 0.2) is 29.2 Å². The fourth-order valence-corrected chi connectivity index (χ4v) is 7.12. The molecule has 0 radical (unpaired) electrons. The standard InChI is InChI=1S/C24H29N3O6S2/c1-15-8-12-27(13-9-15)35(31,32)18-6-4-17(5-7-18)22(29)25-23-21(24(30)33-3)19-10-11-26(16(2)28)14-20(19)34-23/h4-7,15H,8-14H2,1-3H3,(H,25,29). The first-order valence-corrected chi connectivity index (χ1v) is 13.8. The van der Waals surface area contributed by atoms with Crippen molar-refractivity contribution in [2.75, 3.05) is 32.1 Å². The molecule has 4 rings (SSSR count). The maximum Gasteiger partial charge on any atom is 0.341 e. The first-order valence-electron chi connectivity index (χ1n) is 11.5. The number of piperidine rings is 1. The SMILES string of the molecule is COC(=O)c1c(NC(=O)c2ccc(S(=O)(=O)N3CCC(C)CC3)cc2)sc2c1CCN(C(C)=O)C2. The number of fused-ring (bicyclic) bond motifs is 1. The van der Waals surface area contributed by atoms with E-state index in [9.17, 15) is 22.8 Å². The molecule has 1 saturated heterocycles. The number of carbonyl (C=O) groups excluding carboxylic acids is 3. The number of nitrogens with one attached hydrogen (secondary N) is 1. The number of esters is 1. The molecule has 2 aromatic rings. The first-order chi connectivity index (χ1) is 16.6. The van der Waals surface area contributed by atoms with Crippen molar-refractivity contribution >= 4 is 44.1 Å². The van der Waals surface area contributed by atoms with Crippen LogP contribution in [-0.2, 0) is 32.5 Å². The molecule has 0 spiro atoms. The minimum atomic E-state index is -3.61. The van der Waals surface area contributed by atoms with Gasteiger partial charge in [-0.15, -0.1) is 11.3 Å². The zero-order valence-corrected chi connectivity index (χ0v) is 21.6. The van der Waals surface area contributed by atoms with Gasteiger partial charge < -0.3 is 15.0 Å². The fraction of sp³-hybridized carbons (Fsp3) is 0.458. The molecule has 0 saturated carbocycles. The van der Waals surface area contributed by atoms with Crippen LogP contribution in [0.25, 0.3) is 0 Å². The molecule has 11 heteroatoms. The summed E-state index contributed by atoms with van der Waals surface area (Å²) in [5.74, 6) is -0.557. The van der Waals surface area contributed by atoms with Gasteiger partial charge in [0.05, 0.1) is 24.1 Å². The molecule has 0 bridgehead atoms. The Kier molecular flexibility index (Phi) is 7.30. The lowest BCUT2D eigenvalue weighted by Gasteiger charge is -2.29. The second kappa shape index (κ2) is 10.1. The summed E-state index contributed by atoms with van der Waals surface area (Å²) in [5, 5.41) is 3.14. The first kappa shape index (κ1) is 25.3. The maximum absolute atomic E-state index is 13.0. The number of hydrogen-bond donors (Lipinski definition) is 1. The van der Waals surface area contributed by atoms with Gasteiger partial charge in [0.25, 0.3) is 5.91 Å². The highest BCUT2D eigenvalue weighted by molar-refractivity contribution is 7.89. The van der Waals surface area contributed by atoms with Gasteiger partial charge in [0.15, 0.2) is 0 Å². The summed E-state index contributed by atoms with van der Waals surface area (Å²) in [6.45, 7) is 5.46. The molecule has 0 aliphatic carbocycles. The summed E-state index contributed by atoms with van der Waals surface area (Å²) in [5.41, 5.74) is 1.36. The lowest BCUT2D eigenvalue weighted by atomic mass is 10.0. The van der Waals surface area contributed by atoms with E-state index in [2.05, 4.69) is 12.2 Å². The molecule has 1 aromatic carbocycles. The van der Waals surface area contributed by atoms with Crippen molar-refractivity contribution in [1.82, 2.24) is 9.21 Å². The largest absolute Gasteiger partial charge is 0.465 e. The molecule has 1 N–H and O–H groups in total. The van der Waals surface area contributed by atoms with Gasteiger partial charge in [0.1, 0.15) is 5.00 Å². The van der Waals surface area contributed by atoms with E-state index in [1.807, 2.05) is 0 Å². The van der Waals surface area contributed by atoms with Gasteiger partial charge in [-0.1, -0.05) is 6.92 Å². The molecular formula is C24H29N3O6S2. The van der Waals surface area contributed by atoms with E-state index >= 15 is 0 Å². The third kappa shape index (κ3) is 5.12. The van der Waals surface area contributed by atoms with Crippen LogP contribution in [0.2, 0.25) is 0 Å². The molecule has 2 amide bonds. The molecule has 0 unspecified atom stereocenters. The molecule has 188 valence electrons.